The van der Waals surface area contributed by atoms with Gasteiger partial charge in [0.2, 0.25) is 0 Å². The summed E-state index contributed by atoms with van der Waals surface area (Å²) in [5, 5.41) is 0. The van der Waals surface area contributed by atoms with Crippen molar-refractivity contribution in [2.75, 3.05) is 13.2 Å². The third kappa shape index (κ3) is 7.13. The van der Waals surface area contributed by atoms with Gasteiger partial charge in [0, 0.05) is 0 Å². The first kappa shape index (κ1) is 26.9. The fraction of sp³-hybridized carbons (Fsp3) is 0.276. The normalized spacial score (nSPS) is 12.2. The molecule has 0 atom stereocenters. The van der Waals surface area contributed by atoms with Crippen molar-refractivity contribution in [3.05, 3.63) is 90.0 Å². The molecular formula is C29H29F3O4. The summed E-state index contributed by atoms with van der Waals surface area (Å²) in [4.78, 5) is 12.0. The molecule has 0 unspecified atom stereocenters. The van der Waals surface area contributed by atoms with Crippen LogP contribution in [-0.4, -0.2) is 24.8 Å². The Bertz CT molecular complexity index is 1180. The van der Waals surface area contributed by atoms with E-state index in [9.17, 15) is 18.0 Å². The van der Waals surface area contributed by atoms with Crippen LogP contribution in [0.25, 0.3) is 16.7 Å². The molecule has 0 aliphatic carbocycles. The molecule has 36 heavy (non-hydrogen) atoms. The zero-order valence-corrected chi connectivity index (χ0v) is 20.7. The molecule has 3 aromatic rings. The second-order valence-electron chi connectivity index (χ2n) is 8.65. The van der Waals surface area contributed by atoms with Gasteiger partial charge in [-0.2, -0.15) is 13.2 Å². The number of carbonyl (C=O) groups excluding carboxylic acids is 1. The molecule has 0 saturated carbocycles. The molecule has 0 aromatic heterocycles. The lowest BCUT2D eigenvalue weighted by Gasteiger charge is -2.24. The van der Waals surface area contributed by atoms with Crippen LogP contribution in [0.2, 0.25) is 0 Å². The molecule has 3 aromatic carbocycles. The minimum Gasteiger partial charge on any atom is -0.490 e. The minimum atomic E-state index is -4.34. The van der Waals surface area contributed by atoms with Gasteiger partial charge in [0.05, 0.1) is 12.2 Å². The van der Waals surface area contributed by atoms with Gasteiger partial charge in [0.15, 0.2) is 5.60 Å². The van der Waals surface area contributed by atoms with Crippen LogP contribution in [0, 0.1) is 0 Å². The van der Waals surface area contributed by atoms with Crippen molar-refractivity contribution in [1.29, 1.82) is 0 Å². The summed E-state index contributed by atoms with van der Waals surface area (Å²) in [5.74, 6) is 0.747. The van der Waals surface area contributed by atoms with E-state index in [1.165, 1.54) is 12.1 Å². The number of hydrogen-bond acceptors (Lipinski definition) is 4. The first-order valence-corrected chi connectivity index (χ1v) is 11.5. The van der Waals surface area contributed by atoms with E-state index in [-0.39, 0.29) is 6.61 Å². The lowest BCUT2D eigenvalue weighted by molar-refractivity contribution is -0.158. The van der Waals surface area contributed by atoms with Gasteiger partial charge in [-0.05, 0) is 92.4 Å². The lowest BCUT2D eigenvalue weighted by atomic mass is 10.00. The van der Waals surface area contributed by atoms with Crippen molar-refractivity contribution < 1.29 is 32.2 Å². The number of carbonyl (C=O) groups is 1. The maximum absolute atomic E-state index is 12.8. The Morgan fingerprint density at radius 1 is 0.833 bits per heavy atom. The smallest absolute Gasteiger partial charge is 0.416 e. The largest absolute Gasteiger partial charge is 0.490 e. The maximum Gasteiger partial charge on any atom is 0.416 e. The molecule has 7 heteroatoms. The SMILES string of the molecule is CCOC(=O)C(C)(C)Oc1ccc(OCC=C(C)c2ccc(-c3ccc(C(F)(F)F)cc3)cc2)cc1. The molecule has 0 heterocycles. The van der Waals surface area contributed by atoms with Crippen LogP contribution in [0.3, 0.4) is 0 Å². The summed E-state index contributed by atoms with van der Waals surface area (Å²) in [7, 11) is 0. The van der Waals surface area contributed by atoms with Gasteiger partial charge in [-0.3, -0.25) is 0 Å². The number of halogens is 3. The Kier molecular flexibility index (Phi) is 8.45. The average Bonchev–Trinajstić information content (AvgIpc) is 2.84. The average molecular weight is 499 g/mol. The Hall–Kier alpha value is -3.74. The number of esters is 1. The summed E-state index contributed by atoms with van der Waals surface area (Å²) < 4.78 is 54.8. The van der Waals surface area contributed by atoms with Crippen molar-refractivity contribution in [2.45, 2.75) is 39.5 Å². The molecule has 0 spiro atoms. The number of ether oxygens (including phenoxy) is 3. The zero-order chi connectivity index (χ0) is 26.3. The van der Waals surface area contributed by atoms with Gasteiger partial charge in [0.1, 0.15) is 18.1 Å². The monoisotopic (exact) mass is 498 g/mol. The van der Waals surface area contributed by atoms with Crippen molar-refractivity contribution in [1.82, 2.24) is 0 Å². The number of alkyl halides is 3. The standard InChI is InChI=1S/C29H29F3O4/c1-5-34-27(33)28(3,4)36-26-16-14-25(15-17-26)35-19-18-20(2)21-6-8-22(9-7-21)23-10-12-24(13-11-23)29(30,31)32/h6-18H,5,19H2,1-4H3. The van der Waals surface area contributed by atoms with E-state index in [0.717, 1.165) is 34.4 Å². The molecule has 0 amide bonds. The highest BCUT2D eigenvalue weighted by atomic mass is 19.4. The molecule has 0 radical (unpaired) electrons. The molecule has 0 aliphatic rings. The van der Waals surface area contributed by atoms with Gasteiger partial charge >= 0.3 is 12.1 Å². The third-order valence-corrected chi connectivity index (χ3v) is 5.49. The van der Waals surface area contributed by atoms with Crippen LogP contribution < -0.4 is 9.47 Å². The van der Waals surface area contributed by atoms with Crippen LogP contribution in [0.1, 0.15) is 38.8 Å². The highest BCUT2D eigenvalue weighted by molar-refractivity contribution is 5.79. The molecule has 0 fully saturated rings. The number of benzene rings is 3. The van der Waals surface area contributed by atoms with Gasteiger partial charge in [-0.15, -0.1) is 0 Å². The zero-order valence-electron chi connectivity index (χ0n) is 20.7. The van der Waals surface area contributed by atoms with E-state index in [1.807, 2.05) is 37.3 Å². The fourth-order valence-electron chi connectivity index (χ4n) is 3.40. The third-order valence-electron chi connectivity index (χ3n) is 5.49. The lowest BCUT2D eigenvalue weighted by Crippen LogP contribution is -2.39. The van der Waals surface area contributed by atoms with Gasteiger partial charge < -0.3 is 14.2 Å². The van der Waals surface area contributed by atoms with Crippen molar-refractivity contribution >= 4 is 11.5 Å². The Balaban J connectivity index is 1.56. The van der Waals surface area contributed by atoms with Crippen LogP contribution in [-0.2, 0) is 15.7 Å². The number of rotatable bonds is 9. The molecule has 3 rings (SSSR count). The fourth-order valence-corrected chi connectivity index (χ4v) is 3.40. The summed E-state index contributed by atoms with van der Waals surface area (Å²) in [6.07, 6.45) is -2.40. The number of hydrogen-bond donors (Lipinski definition) is 0. The molecule has 4 nitrogen and oxygen atoms in total. The second-order valence-corrected chi connectivity index (χ2v) is 8.65. The van der Waals surface area contributed by atoms with E-state index in [4.69, 9.17) is 14.2 Å². The van der Waals surface area contributed by atoms with Crippen molar-refractivity contribution in [2.24, 2.45) is 0 Å². The quantitative estimate of drug-likeness (QED) is 0.285. The first-order chi connectivity index (χ1) is 17.0. The predicted molar refractivity (Wildman–Crippen MR) is 134 cm³/mol. The molecule has 0 N–H and O–H groups in total. The maximum atomic E-state index is 12.8. The molecule has 0 bridgehead atoms. The van der Waals surface area contributed by atoms with E-state index >= 15 is 0 Å². The van der Waals surface area contributed by atoms with Crippen LogP contribution >= 0.6 is 0 Å². The van der Waals surface area contributed by atoms with E-state index in [1.54, 1.807) is 45.0 Å². The Labute approximate surface area is 209 Å². The number of allylic oxidation sites excluding steroid dienone is 1. The van der Waals surface area contributed by atoms with Crippen molar-refractivity contribution in [3.63, 3.8) is 0 Å². The van der Waals surface area contributed by atoms with Crippen LogP contribution in [0.5, 0.6) is 11.5 Å². The summed E-state index contributed by atoms with van der Waals surface area (Å²) >= 11 is 0. The van der Waals surface area contributed by atoms with E-state index in [0.29, 0.717) is 18.1 Å². The summed E-state index contributed by atoms with van der Waals surface area (Å²) in [5.41, 5.74) is 1.79. The minimum absolute atomic E-state index is 0.286. The van der Waals surface area contributed by atoms with Crippen molar-refractivity contribution in [3.8, 4) is 22.6 Å². The second kappa shape index (κ2) is 11.3. The summed E-state index contributed by atoms with van der Waals surface area (Å²) in [6.45, 7) is 7.65. The van der Waals surface area contributed by atoms with E-state index in [2.05, 4.69) is 0 Å². The highest BCUT2D eigenvalue weighted by Gasteiger charge is 2.31. The predicted octanol–water partition coefficient (Wildman–Crippen LogP) is 7.58. The molecule has 190 valence electrons. The van der Waals surface area contributed by atoms with Gasteiger partial charge in [-0.25, -0.2) is 4.79 Å². The van der Waals surface area contributed by atoms with Gasteiger partial charge in [0.25, 0.3) is 0 Å². The topological polar surface area (TPSA) is 44.8 Å². The van der Waals surface area contributed by atoms with E-state index < -0.39 is 23.3 Å². The van der Waals surface area contributed by atoms with Gasteiger partial charge in [-0.1, -0.05) is 36.4 Å². The van der Waals surface area contributed by atoms with Crippen LogP contribution in [0.15, 0.2) is 78.9 Å². The first-order valence-electron chi connectivity index (χ1n) is 11.5. The highest BCUT2D eigenvalue weighted by Crippen LogP contribution is 2.31. The molecule has 0 saturated heterocycles. The summed E-state index contributed by atoms with van der Waals surface area (Å²) in [6, 6.07) is 19.7. The Morgan fingerprint density at radius 3 is 1.89 bits per heavy atom. The molecular weight excluding hydrogens is 469 g/mol. The van der Waals surface area contributed by atoms with Crippen LogP contribution in [0.4, 0.5) is 13.2 Å². The molecule has 0 aliphatic heterocycles. The Morgan fingerprint density at radius 2 is 1.36 bits per heavy atom.